The van der Waals surface area contributed by atoms with Crippen LogP contribution in [-0.2, 0) is 6.54 Å². The highest BCUT2D eigenvalue weighted by Gasteiger charge is 2.10. The van der Waals surface area contributed by atoms with Gasteiger partial charge in [-0.15, -0.1) is 0 Å². The second-order valence-electron chi connectivity index (χ2n) is 5.01. The van der Waals surface area contributed by atoms with Gasteiger partial charge in [0.1, 0.15) is 6.61 Å². The summed E-state index contributed by atoms with van der Waals surface area (Å²) in [5.41, 5.74) is 1.82. The van der Waals surface area contributed by atoms with Crippen LogP contribution in [0.3, 0.4) is 0 Å². The van der Waals surface area contributed by atoms with E-state index in [1.165, 1.54) is 6.07 Å². The molecule has 0 bridgehead atoms. The van der Waals surface area contributed by atoms with Gasteiger partial charge in [-0.25, -0.2) is 9.37 Å². The molecule has 0 aliphatic carbocycles. The Labute approximate surface area is 133 Å². The van der Waals surface area contributed by atoms with Crippen LogP contribution in [0.4, 0.5) is 10.3 Å². The maximum Gasteiger partial charge on any atom is 0.204 e. The van der Waals surface area contributed by atoms with Crippen molar-refractivity contribution in [3.63, 3.8) is 0 Å². The number of benzene rings is 2. The van der Waals surface area contributed by atoms with Crippen molar-refractivity contribution in [2.45, 2.75) is 6.54 Å². The Hall–Kier alpha value is -2.60. The van der Waals surface area contributed by atoms with Crippen LogP contribution < -0.4 is 10.1 Å². The van der Waals surface area contributed by atoms with Crippen LogP contribution in [0.25, 0.3) is 11.0 Å². The van der Waals surface area contributed by atoms with Crippen LogP contribution in [0.1, 0.15) is 0 Å². The largest absolute Gasteiger partial charge is 0.489 e. The number of imidazole rings is 1. The van der Waals surface area contributed by atoms with Crippen molar-refractivity contribution in [3.05, 3.63) is 54.3 Å². The Morgan fingerprint density at radius 2 is 1.91 bits per heavy atom. The smallest absolute Gasteiger partial charge is 0.204 e. The molecule has 0 aliphatic heterocycles. The minimum atomic E-state index is -0.374. The third-order valence-electron chi connectivity index (χ3n) is 3.46. The Morgan fingerprint density at radius 1 is 1.13 bits per heavy atom. The molecule has 0 saturated heterocycles. The molecule has 0 spiro atoms. The van der Waals surface area contributed by atoms with Gasteiger partial charge in [-0.3, -0.25) is 0 Å². The van der Waals surface area contributed by atoms with Crippen LogP contribution in [0.5, 0.6) is 5.75 Å². The number of aliphatic hydroxyl groups excluding tert-OH is 1. The van der Waals surface area contributed by atoms with E-state index in [0.29, 0.717) is 25.6 Å². The molecular weight excluding hydrogens is 297 g/mol. The first-order valence-electron chi connectivity index (χ1n) is 7.47. The molecule has 3 rings (SSSR count). The maximum absolute atomic E-state index is 13.6. The molecule has 6 heteroatoms. The Kier molecular flexibility index (Phi) is 4.73. The van der Waals surface area contributed by atoms with Gasteiger partial charge >= 0.3 is 0 Å². The molecule has 23 heavy (non-hydrogen) atoms. The quantitative estimate of drug-likeness (QED) is 0.704. The van der Waals surface area contributed by atoms with Crippen molar-refractivity contribution >= 4 is 17.0 Å². The summed E-state index contributed by atoms with van der Waals surface area (Å²) in [5, 5.41) is 12.1. The first kappa shape index (κ1) is 15.3. The summed E-state index contributed by atoms with van der Waals surface area (Å²) in [5.74, 6) is 0.529. The molecule has 5 nitrogen and oxygen atoms in total. The average Bonchev–Trinajstić information content (AvgIpc) is 2.92. The molecule has 0 amide bonds. The molecule has 0 radical (unpaired) electrons. The Bertz CT molecular complexity index is 788. The molecule has 2 aromatic carbocycles. The van der Waals surface area contributed by atoms with Crippen LogP contribution in [0, 0.1) is 5.82 Å². The van der Waals surface area contributed by atoms with Crippen LogP contribution in [-0.4, -0.2) is 34.4 Å². The highest BCUT2D eigenvalue weighted by molar-refractivity contribution is 5.78. The van der Waals surface area contributed by atoms with Crippen molar-refractivity contribution in [2.75, 3.05) is 25.1 Å². The van der Waals surface area contributed by atoms with Crippen LogP contribution in [0.2, 0.25) is 0 Å². The van der Waals surface area contributed by atoms with Gasteiger partial charge < -0.3 is 19.7 Å². The summed E-state index contributed by atoms with van der Waals surface area (Å²) in [6.45, 7) is 1.27. The molecule has 0 atom stereocenters. The lowest BCUT2D eigenvalue weighted by molar-refractivity contribution is 0.286. The number of hydrogen-bond acceptors (Lipinski definition) is 4. The van der Waals surface area contributed by atoms with E-state index in [2.05, 4.69) is 10.3 Å². The number of ether oxygens (including phenoxy) is 1. The maximum atomic E-state index is 13.6. The van der Waals surface area contributed by atoms with Crippen molar-refractivity contribution < 1.29 is 14.2 Å². The number of nitrogens with one attached hydrogen (secondary N) is 1. The lowest BCUT2D eigenvalue weighted by Gasteiger charge is -2.11. The third kappa shape index (κ3) is 3.43. The van der Waals surface area contributed by atoms with Gasteiger partial charge in [-0.05, 0) is 24.3 Å². The monoisotopic (exact) mass is 315 g/mol. The molecule has 1 aromatic heterocycles. The summed E-state index contributed by atoms with van der Waals surface area (Å²) in [6.07, 6.45) is 0. The van der Waals surface area contributed by atoms with E-state index in [1.54, 1.807) is 18.2 Å². The zero-order valence-corrected chi connectivity index (χ0v) is 12.6. The van der Waals surface area contributed by atoms with Crippen molar-refractivity contribution in [2.24, 2.45) is 0 Å². The molecule has 1 heterocycles. The Balaban J connectivity index is 1.77. The normalized spacial score (nSPS) is 10.9. The first-order valence-corrected chi connectivity index (χ1v) is 7.47. The second kappa shape index (κ2) is 7.11. The van der Waals surface area contributed by atoms with E-state index in [4.69, 9.17) is 9.84 Å². The Morgan fingerprint density at radius 3 is 2.74 bits per heavy atom. The molecule has 2 N–H and O–H groups in total. The SMILES string of the molecule is OCCNc1nc2ccccc2n1CCOc1ccccc1F. The minimum Gasteiger partial charge on any atom is -0.489 e. The van der Waals surface area contributed by atoms with E-state index in [-0.39, 0.29) is 18.2 Å². The number of aromatic nitrogens is 2. The lowest BCUT2D eigenvalue weighted by atomic mass is 10.3. The highest BCUT2D eigenvalue weighted by Crippen LogP contribution is 2.20. The number of hydrogen-bond donors (Lipinski definition) is 2. The van der Waals surface area contributed by atoms with Gasteiger partial charge in [0, 0.05) is 6.54 Å². The van der Waals surface area contributed by atoms with Crippen molar-refractivity contribution in [1.29, 1.82) is 0 Å². The number of nitrogens with zero attached hydrogens (tertiary/aromatic N) is 2. The van der Waals surface area contributed by atoms with E-state index < -0.39 is 0 Å². The topological polar surface area (TPSA) is 59.3 Å². The zero-order chi connectivity index (χ0) is 16.1. The summed E-state index contributed by atoms with van der Waals surface area (Å²) < 4.78 is 21.1. The first-order chi connectivity index (χ1) is 11.3. The number of aliphatic hydroxyl groups is 1. The van der Waals surface area contributed by atoms with Gasteiger partial charge in [0.25, 0.3) is 0 Å². The fourth-order valence-electron chi connectivity index (χ4n) is 2.41. The summed E-state index contributed by atoms with van der Waals surface area (Å²) in [6, 6.07) is 14.1. The van der Waals surface area contributed by atoms with Crippen molar-refractivity contribution in [1.82, 2.24) is 9.55 Å². The predicted molar refractivity (Wildman–Crippen MR) is 87.2 cm³/mol. The van der Waals surface area contributed by atoms with Gasteiger partial charge in [-0.2, -0.15) is 0 Å². The van der Waals surface area contributed by atoms with E-state index in [1.807, 2.05) is 28.8 Å². The molecule has 0 saturated carbocycles. The fourth-order valence-corrected chi connectivity index (χ4v) is 2.41. The number of rotatable bonds is 7. The number of halogens is 1. The van der Waals surface area contributed by atoms with Crippen molar-refractivity contribution in [3.8, 4) is 5.75 Å². The fraction of sp³-hybridized carbons (Fsp3) is 0.235. The average molecular weight is 315 g/mol. The summed E-state index contributed by atoms with van der Waals surface area (Å²) >= 11 is 0. The van der Waals surface area contributed by atoms with E-state index in [0.717, 1.165) is 11.0 Å². The molecule has 0 fully saturated rings. The van der Waals surface area contributed by atoms with Crippen LogP contribution in [0.15, 0.2) is 48.5 Å². The van der Waals surface area contributed by atoms with E-state index >= 15 is 0 Å². The van der Waals surface area contributed by atoms with Gasteiger partial charge in [0.05, 0.1) is 24.2 Å². The molecule has 0 aliphatic rings. The molecule has 0 unspecified atom stereocenters. The highest BCUT2D eigenvalue weighted by atomic mass is 19.1. The van der Waals surface area contributed by atoms with Gasteiger partial charge in [0.15, 0.2) is 11.6 Å². The van der Waals surface area contributed by atoms with E-state index in [9.17, 15) is 4.39 Å². The minimum absolute atomic E-state index is 0.0227. The molecule has 120 valence electrons. The lowest BCUT2D eigenvalue weighted by Crippen LogP contribution is -2.14. The number of para-hydroxylation sites is 3. The third-order valence-corrected chi connectivity index (χ3v) is 3.46. The molecule has 3 aromatic rings. The standard InChI is InChI=1S/C17H18FN3O2/c18-13-5-1-4-8-16(13)23-12-10-21-15-7-3-2-6-14(15)20-17(21)19-9-11-22/h1-8,22H,9-12H2,(H,19,20). The zero-order valence-electron chi connectivity index (χ0n) is 12.6. The number of anilines is 1. The number of fused-ring (bicyclic) bond motifs is 1. The van der Waals surface area contributed by atoms with Crippen LogP contribution >= 0.6 is 0 Å². The summed E-state index contributed by atoms with van der Waals surface area (Å²) in [7, 11) is 0. The molecular formula is C17H18FN3O2. The predicted octanol–water partition coefficient (Wildman–Crippen LogP) is 2.66. The second-order valence-corrected chi connectivity index (χ2v) is 5.01. The van der Waals surface area contributed by atoms with Gasteiger partial charge in [0.2, 0.25) is 5.95 Å². The summed E-state index contributed by atoms with van der Waals surface area (Å²) in [4.78, 5) is 4.50. The van der Waals surface area contributed by atoms with Gasteiger partial charge in [-0.1, -0.05) is 24.3 Å².